The second kappa shape index (κ2) is 4.81. The normalized spacial score (nSPS) is 10.3. The first kappa shape index (κ1) is 11.3. The van der Waals surface area contributed by atoms with E-state index >= 15 is 0 Å². The molecule has 0 spiro atoms. The second-order valence-electron chi connectivity index (χ2n) is 3.97. The standard InChI is InChI=1S/C14H10N4O/c19-13-6-12(11-7-15-9-16-8-11)17-14(18-13)10-4-2-1-3-5-10/h1-9H,(H,17,18,19). The lowest BCUT2D eigenvalue weighted by Gasteiger charge is -2.03. The van der Waals surface area contributed by atoms with Crippen LogP contribution in [0.3, 0.4) is 0 Å². The lowest BCUT2D eigenvalue weighted by Crippen LogP contribution is -2.08. The molecule has 0 aliphatic rings. The van der Waals surface area contributed by atoms with Gasteiger partial charge >= 0.3 is 0 Å². The van der Waals surface area contributed by atoms with E-state index in [1.54, 1.807) is 12.4 Å². The van der Waals surface area contributed by atoms with E-state index in [2.05, 4.69) is 19.9 Å². The van der Waals surface area contributed by atoms with Crippen LogP contribution in [-0.4, -0.2) is 19.9 Å². The van der Waals surface area contributed by atoms with Gasteiger partial charge < -0.3 is 4.98 Å². The number of aromatic nitrogens is 4. The Hall–Kier alpha value is -2.82. The van der Waals surface area contributed by atoms with E-state index in [0.29, 0.717) is 17.1 Å². The number of H-pyrrole nitrogens is 1. The highest BCUT2D eigenvalue weighted by molar-refractivity contribution is 5.61. The smallest absolute Gasteiger partial charge is 0.251 e. The third-order valence-electron chi connectivity index (χ3n) is 2.65. The maximum absolute atomic E-state index is 11.7. The highest BCUT2D eigenvalue weighted by Crippen LogP contribution is 2.17. The lowest BCUT2D eigenvalue weighted by molar-refractivity contribution is 1.11. The molecule has 2 heterocycles. The van der Waals surface area contributed by atoms with Crippen molar-refractivity contribution in [2.45, 2.75) is 0 Å². The van der Waals surface area contributed by atoms with Gasteiger partial charge in [-0.25, -0.2) is 15.0 Å². The topological polar surface area (TPSA) is 71.5 Å². The van der Waals surface area contributed by atoms with Crippen LogP contribution < -0.4 is 5.56 Å². The molecule has 0 saturated carbocycles. The Morgan fingerprint density at radius 3 is 2.42 bits per heavy atom. The fourth-order valence-corrected chi connectivity index (χ4v) is 1.77. The minimum absolute atomic E-state index is 0.201. The van der Waals surface area contributed by atoms with Crippen molar-refractivity contribution < 1.29 is 0 Å². The molecule has 1 aromatic carbocycles. The highest BCUT2D eigenvalue weighted by Gasteiger charge is 2.05. The third kappa shape index (κ3) is 2.40. The van der Waals surface area contributed by atoms with Gasteiger partial charge in [0.05, 0.1) is 5.69 Å². The van der Waals surface area contributed by atoms with Crippen LogP contribution in [0.5, 0.6) is 0 Å². The Bertz CT molecular complexity index is 677. The van der Waals surface area contributed by atoms with Crippen molar-refractivity contribution in [3.05, 3.63) is 65.5 Å². The van der Waals surface area contributed by atoms with Crippen LogP contribution in [0.4, 0.5) is 0 Å². The monoisotopic (exact) mass is 250 g/mol. The van der Waals surface area contributed by atoms with E-state index in [1.807, 2.05) is 30.3 Å². The summed E-state index contributed by atoms with van der Waals surface area (Å²) < 4.78 is 0. The molecule has 0 bridgehead atoms. The molecule has 0 amide bonds. The Labute approximate surface area is 109 Å². The molecule has 5 nitrogen and oxygen atoms in total. The molecule has 2 aromatic heterocycles. The van der Waals surface area contributed by atoms with Crippen molar-refractivity contribution >= 4 is 0 Å². The first-order valence-electron chi connectivity index (χ1n) is 5.75. The fraction of sp³-hybridized carbons (Fsp3) is 0. The summed E-state index contributed by atoms with van der Waals surface area (Å²) in [5, 5.41) is 0. The molecule has 92 valence electrons. The van der Waals surface area contributed by atoms with Gasteiger partial charge in [0.15, 0.2) is 0 Å². The van der Waals surface area contributed by atoms with Crippen LogP contribution >= 0.6 is 0 Å². The first-order chi connectivity index (χ1) is 9.33. The summed E-state index contributed by atoms with van der Waals surface area (Å²) in [4.78, 5) is 26.7. The molecule has 0 aliphatic carbocycles. The van der Waals surface area contributed by atoms with Crippen molar-refractivity contribution in [2.75, 3.05) is 0 Å². The predicted octanol–water partition coefficient (Wildman–Crippen LogP) is 1.89. The van der Waals surface area contributed by atoms with Gasteiger partial charge in [0, 0.05) is 29.6 Å². The van der Waals surface area contributed by atoms with Gasteiger partial charge in [0.25, 0.3) is 5.56 Å². The van der Waals surface area contributed by atoms with Gasteiger partial charge in [0.1, 0.15) is 12.2 Å². The fourth-order valence-electron chi connectivity index (χ4n) is 1.77. The van der Waals surface area contributed by atoms with Crippen molar-refractivity contribution in [2.24, 2.45) is 0 Å². The number of rotatable bonds is 2. The van der Waals surface area contributed by atoms with Gasteiger partial charge in [-0.15, -0.1) is 0 Å². The van der Waals surface area contributed by atoms with Crippen LogP contribution in [-0.2, 0) is 0 Å². The van der Waals surface area contributed by atoms with E-state index in [9.17, 15) is 4.79 Å². The van der Waals surface area contributed by atoms with Crippen LogP contribution in [0.2, 0.25) is 0 Å². The predicted molar refractivity (Wildman–Crippen MR) is 71.3 cm³/mol. The number of nitrogens with one attached hydrogen (secondary N) is 1. The minimum atomic E-state index is -0.201. The van der Waals surface area contributed by atoms with Gasteiger partial charge in [-0.3, -0.25) is 4.79 Å². The zero-order valence-electron chi connectivity index (χ0n) is 9.95. The van der Waals surface area contributed by atoms with Gasteiger partial charge in [0.2, 0.25) is 0 Å². The highest BCUT2D eigenvalue weighted by atomic mass is 16.1. The summed E-state index contributed by atoms with van der Waals surface area (Å²) >= 11 is 0. The zero-order chi connectivity index (χ0) is 13.1. The number of nitrogens with zero attached hydrogens (tertiary/aromatic N) is 3. The SMILES string of the molecule is O=c1cc(-c2cncnc2)nc(-c2ccccc2)[nH]1. The molecular weight excluding hydrogens is 240 g/mol. The first-order valence-corrected chi connectivity index (χ1v) is 5.75. The molecule has 0 unspecified atom stereocenters. The molecule has 0 aliphatic heterocycles. The number of aromatic amines is 1. The molecule has 5 heteroatoms. The Balaban J connectivity index is 2.15. The third-order valence-corrected chi connectivity index (χ3v) is 2.65. The van der Waals surface area contributed by atoms with E-state index in [-0.39, 0.29) is 5.56 Å². The Kier molecular flexibility index (Phi) is 2.86. The zero-order valence-corrected chi connectivity index (χ0v) is 9.95. The lowest BCUT2D eigenvalue weighted by atomic mass is 10.2. The Morgan fingerprint density at radius 2 is 1.68 bits per heavy atom. The number of hydrogen-bond acceptors (Lipinski definition) is 4. The maximum Gasteiger partial charge on any atom is 0.251 e. The molecule has 19 heavy (non-hydrogen) atoms. The number of hydrogen-bond donors (Lipinski definition) is 1. The van der Waals surface area contributed by atoms with E-state index in [0.717, 1.165) is 5.56 Å². The van der Waals surface area contributed by atoms with Crippen LogP contribution in [0.1, 0.15) is 0 Å². The molecule has 0 radical (unpaired) electrons. The summed E-state index contributed by atoms with van der Waals surface area (Å²) in [5.41, 5.74) is 1.93. The van der Waals surface area contributed by atoms with E-state index in [4.69, 9.17) is 0 Å². The van der Waals surface area contributed by atoms with Crippen molar-refractivity contribution in [1.29, 1.82) is 0 Å². The van der Waals surface area contributed by atoms with Gasteiger partial charge in [-0.05, 0) is 0 Å². The molecule has 3 aromatic rings. The average molecular weight is 250 g/mol. The minimum Gasteiger partial charge on any atom is -0.306 e. The largest absolute Gasteiger partial charge is 0.306 e. The quantitative estimate of drug-likeness (QED) is 0.754. The summed E-state index contributed by atoms with van der Waals surface area (Å²) in [6.45, 7) is 0. The molecule has 0 saturated heterocycles. The Morgan fingerprint density at radius 1 is 0.947 bits per heavy atom. The maximum atomic E-state index is 11.7. The van der Waals surface area contributed by atoms with Crippen molar-refractivity contribution in [3.63, 3.8) is 0 Å². The summed E-state index contributed by atoms with van der Waals surface area (Å²) in [7, 11) is 0. The molecule has 0 atom stereocenters. The van der Waals surface area contributed by atoms with Crippen LogP contribution in [0.15, 0.2) is 59.9 Å². The number of benzene rings is 1. The van der Waals surface area contributed by atoms with Crippen LogP contribution in [0.25, 0.3) is 22.6 Å². The molecular formula is C14H10N4O. The average Bonchev–Trinajstić information content (AvgIpc) is 2.48. The van der Waals surface area contributed by atoms with E-state index in [1.165, 1.54) is 12.4 Å². The van der Waals surface area contributed by atoms with Gasteiger partial charge in [-0.1, -0.05) is 30.3 Å². The van der Waals surface area contributed by atoms with E-state index < -0.39 is 0 Å². The second-order valence-corrected chi connectivity index (χ2v) is 3.97. The summed E-state index contributed by atoms with van der Waals surface area (Å²) in [6, 6.07) is 10.9. The van der Waals surface area contributed by atoms with Crippen LogP contribution in [0, 0.1) is 0 Å². The summed E-state index contributed by atoms with van der Waals surface area (Å²) in [5.74, 6) is 0.534. The van der Waals surface area contributed by atoms with Crippen molar-refractivity contribution in [3.8, 4) is 22.6 Å². The van der Waals surface area contributed by atoms with Gasteiger partial charge in [-0.2, -0.15) is 0 Å². The molecule has 1 N–H and O–H groups in total. The summed E-state index contributed by atoms with van der Waals surface area (Å²) in [6.07, 6.45) is 4.70. The molecule has 3 rings (SSSR count). The van der Waals surface area contributed by atoms with Crippen molar-refractivity contribution in [1.82, 2.24) is 19.9 Å². The molecule has 0 fully saturated rings.